The highest BCUT2D eigenvalue weighted by molar-refractivity contribution is 7.15. The van der Waals surface area contributed by atoms with Gasteiger partial charge in [0, 0.05) is 10.4 Å². The number of halogens is 1. The third kappa shape index (κ3) is 4.82. The molecule has 1 N–H and O–H groups in total. The zero-order chi connectivity index (χ0) is 20.1. The van der Waals surface area contributed by atoms with Crippen molar-refractivity contribution in [2.75, 3.05) is 7.11 Å². The van der Waals surface area contributed by atoms with E-state index in [1.807, 2.05) is 31.2 Å². The van der Waals surface area contributed by atoms with Crippen molar-refractivity contribution < 1.29 is 14.3 Å². The Morgan fingerprint density at radius 1 is 1.18 bits per heavy atom. The number of methoxy groups -OCH3 is 1. The summed E-state index contributed by atoms with van der Waals surface area (Å²) in [6.45, 7) is 4.03. The molecule has 1 unspecified atom stereocenters. The minimum atomic E-state index is -0.621. The summed E-state index contributed by atoms with van der Waals surface area (Å²) in [7, 11) is 1.60. The normalized spacial score (nSPS) is 11.7. The maximum Gasteiger partial charge on any atom is 0.261 e. The molecule has 28 heavy (non-hydrogen) atoms. The lowest BCUT2D eigenvalue weighted by atomic mass is 10.2. The SMILES string of the molecule is COc1ccc(OC(C)C(=O)NCc2sc(-c3ccccc3Cl)nc2C)cc1. The molecule has 1 amide bonds. The first-order chi connectivity index (χ1) is 13.5. The molecule has 5 nitrogen and oxygen atoms in total. The van der Waals surface area contributed by atoms with Gasteiger partial charge >= 0.3 is 0 Å². The van der Waals surface area contributed by atoms with Crippen molar-refractivity contribution in [3.63, 3.8) is 0 Å². The number of hydrogen-bond donors (Lipinski definition) is 1. The van der Waals surface area contributed by atoms with Crippen LogP contribution in [0.1, 0.15) is 17.5 Å². The second-order valence-electron chi connectivity index (χ2n) is 6.16. The van der Waals surface area contributed by atoms with Crippen LogP contribution in [0.3, 0.4) is 0 Å². The highest BCUT2D eigenvalue weighted by Crippen LogP contribution is 2.32. The predicted octanol–water partition coefficient (Wildman–Crippen LogP) is 4.86. The standard InChI is InChI=1S/C21H21ClN2O3S/c1-13-19(28-21(24-13)17-6-4-5-7-18(17)22)12-23-20(25)14(2)27-16-10-8-15(26-3)9-11-16/h4-11,14H,12H2,1-3H3,(H,23,25). The van der Waals surface area contributed by atoms with Crippen molar-refractivity contribution in [3.8, 4) is 22.1 Å². The summed E-state index contributed by atoms with van der Waals surface area (Å²) in [4.78, 5) is 18.0. The summed E-state index contributed by atoms with van der Waals surface area (Å²) in [5.41, 5.74) is 1.77. The van der Waals surface area contributed by atoms with Gasteiger partial charge in [0.15, 0.2) is 6.10 Å². The minimum absolute atomic E-state index is 0.192. The molecule has 0 fully saturated rings. The smallest absolute Gasteiger partial charge is 0.261 e. The zero-order valence-electron chi connectivity index (χ0n) is 15.9. The molecule has 2 aromatic carbocycles. The summed E-state index contributed by atoms with van der Waals surface area (Å²) >= 11 is 7.78. The fraction of sp³-hybridized carbons (Fsp3) is 0.238. The number of carbonyl (C=O) groups is 1. The van der Waals surface area contributed by atoms with Gasteiger partial charge in [0.1, 0.15) is 16.5 Å². The molecule has 0 bridgehead atoms. The summed E-state index contributed by atoms with van der Waals surface area (Å²) < 4.78 is 10.8. The molecular weight excluding hydrogens is 396 g/mol. The van der Waals surface area contributed by atoms with Gasteiger partial charge in [-0.1, -0.05) is 29.8 Å². The molecule has 0 aliphatic heterocycles. The van der Waals surface area contributed by atoms with Gasteiger partial charge in [0.25, 0.3) is 5.91 Å². The van der Waals surface area contributed by atoms with Gasteiger partial charge in [0.2, 0.25) is 0 Å². The van der Waals surface area contributed by atoms with Crippen molar-refractivity contribution >= 4 is 28.8 Å². The Morgan fingerprint density at radius 2 is 1.86 bits per heavy atom. The third-order valence-corrected chi connectivity index (χ3v) is 5.68. The van der Waals surface area contributed by atoms with E-state index >= 15 is 0 Å². The van der Waals surface area contributed by atoms with Crippen molar-refractivity contribution in [2.45, 2.75) is 26.5 Å². The summed E-state index contributed by atoms with van der Waals surface area (Å²) in [5, 5.41) is 4.41. The van der Waals surface area contributed by atoms with E-state index in [0.717, 1.165) is 26.9 Å². The van der Waals surface area contributed by atoms with Crippen molar-refractivity contribution in [1.29, 1.82) is 0 Å². The molecule has 3 aromatic rings. The molecule has 0 aliphatic rings. The molecule has 0 aliphatic carbocycles. The summed E-state index contributed by atoms with van der Waals surface area (Å²) in [6, 6.07) is 14.7. The largest absolute Gasteiger partial charge is 0.497 e. The maximum absolute atomic E-state index is 12.4. The second-order valence-corrected chi connectivity index (χ2v) is 7.65. The number of nitrogens with one attached hydrogen (secondary N) is 1. The third-order valence-electron chi connectivity index (χ3n) is 4.16. The van der Waals surface area contributed by atoms with Crippen LogP contribution in [0.4, 0.5) is 0 Å². The highest BCUT2D eigenvalue weighted by Gasteiger charge is 2.17. The molecule has 0 spiro atoms. The molecule has 146 valence electrons. The van der Waals surface area contributed by atoms with Gasteiger partial charge in [0.05, 0.1) is 24.4 Å². The van der Waals surface area contributed by atoms with E-state index in [0.29, 0.717) is 17.3 Å². The Labute approximate surface area is 173 Å². The van der Waals surface area contributed by atoms with Crippen molar-refractivity contribution in [2.24, 2.45) is 0 Å². The van der Waals surface area contributed by atoms with E-state index in [2.05, 4.69) is 10.3 Å². The molecule has 1 aromatic heterocycles. The number of aromatic nitrogens is 1. The first-order valence-corrected chi connectivity index (χ1v) is 9.97. The van der Waals surface area contributed by atoms with Crippen LogP contribution in [0, 0.1) is 6.92 Å². The van der Waals surface area contributed by atoms with Gasteiger partial charge in [-0.2, -0.15) is 0 Å². The van der Waals surface area contributed by atoms with E-state index in [9.17, 15) is 4.79 Å². The van der Waals surface area contributed by atoms with Crippen molar-refractivity contribution in [1.82, 2.24) is 10.3 Å². The van der Waals surface area contributed by atoms with Crippen LogP contribution in [0.5, 0.6) is 11.5 Å². The summed E-state index contributed by atoms with van der Waals surface area (Å²) in [5.74, 6) is 1.15. The number of nitrogens with zero attached hydrogens (tertiary/aromatic N) is 1. The van der Waals surface area contributed by atoms with Gasteiger partial charge < -0.3 is 14.8 Å². The molecule has 3 rings (SSSR count). The van der Waals surface area contributed by atoms with Gasteiger partial charge in [-0.15, -0.1) is 11.3 Å². The van der Waals surface area contributed by atoms with E-state index < -0.39 is 6.10 Å². The quantitative estimate of drug-likeness (QED) is 0.597. The van der Waals surface area contributed by atoms with E-state index in [1.54, 1.807) is 38.3 Å². The van der Waals surface area contributed by atoms with Crippen LogP contribution < -0.4 is 14.8 Å². The lowest BCUT2D eigenvalue weighted by molar-refractivity contribution is -0.127. The number of aryl methyl sites for hydroxylation is 1. The van der Waals surface area contributed by atoms with Crippen LogP contribution in [0.15, 0.2) is 48.5 Å². The van der Waals surface area contributed by atoms with E-state index in [4.69, 9.17) is 21.1 Å². The van der Waals surface area contributed by atoms with Crippen LogP contribution in [-0.4, -0.2) is 24.1 Å². The average Bonchev–Trinajstić information content (AvgIpc) is 3.07. The Balaban J connectivity index is 1.60. The average molecular weight is 417 g/mol. The lowest BCUT2D eigenvalue weighted by Gasteiger charge is -2.14. The fourth-order valence-corrected chi connectivity index (χ4v) is 3.89. The van der Waals surface area contributed by atoms with Crippen LogP contribution >= 0.6 is 22.9 Å². The summed E-state index contributed by atoms with van der Waals surface area (Å²) in [6.07, 6.45) is -0.621. The monoisotopic (exact) mass is 416 g/mol. The predicted molar refractivity (Wildman–Crippen MR) is 112 cm³/mol. The number of amides is 1. The number of rotatable bonds is 7. The number of benzene rings is 2. The number of thiazole rings is 1. The second kappa shape index (κ2) is 9.08. The fourth-order valence-electron chi connectivity index (χ4n) is 2.56. The number of hydrogen-bond acceptors (Lipinski definition) is 5. The highest BCUT2D eigenvalue weighted by atomic mass is 35.5. The molecule has 0 saturated heterocycles. The Bertz CT molecular complexity index is 957. The zero-order valence-corrected chi connectivity index (χ0v) is 17.4. The van der Waals surface area contributed by atoms with Crippen LogP contribution in [0.2, 0.25) is 5.02 Å². The molecular formula is C21H21ClN2O3S. The van der Waals surface area contributed by atoms with Gasteiger partial charge in [-0.3, -0.25) is 4.79 Å². The number of ether oxygens (including phenoxy) is 2. The molecule has 1 heterocycles. The Hall–Kier alpha value is -2.57. The minimum Gasteiger partial charge on any atom is -0.497 e. The van der Waals surface area contributed by atoms with Crippen molar-refractivity contribution in [3.05, 3.63) is 64.1 Å². The number of carbonyl (C=O) groups excluding carboxylic acids is 1. The molecule has 7 heteroatoms. The van der Waals surface area contributed by atoms with Gasteiger partial charge in [-0.25, -0.2) is 4.98 Å². The maximum atomic E-state index is 12.4. The topological polar surface area (TPSA) is 60.5 Å². The first kappa shape index (κ1) is 20.2. The van der Waals surface area contributed by atoms with Gasteiger partial charge in [-0.05, 0) is 44.2 Å². The van der Waals surface area contributed by atoms with E-state index in [1.165, 1.54) is 11.3 Å². The first-order valence-electron chi connectivity index (χ1n) is 8.77. The van der Waals surface area contributed by atoms with Crippen LogP contribution in [0.25, 0.3) is 10.6 Å². The van der Waals surface area contributed by atoms with E-state index in [-0.39, 0.29) is 5.91 Å². The molecule has 0 saturated carbocycles. The lowest BCUT2D eigenvalue weighted by Crippen LogP contribution is -2.35. The molecule has 1 atom stereocenters. The van der Waals surface area contributed by atoms with Crippen LogP contribution in [-0.2, 0) is 11.3 Å². The molecule has 0 radical (unpaired) electrons. The Kier molecular flexibility index (Phi) is 6.54. The Morgan fingerprint density at radius 3 is 2.54 bits per heavy atom.